The molecule has 2 N–H and O–H groups in total. The zero-order valence-electron chi connectivity index (χ0n) is 16.1. The van der Waals surface area contributed by atoms with Crippen LogP contribution >= 0.6 is 12.2 Å². The lowest BCUT2D eigenvalue weighted by atomic mass is 9.91. The molecule has 5 nitrogen and oxygen atoms in total. The Bertz CT molecular complexity index is 789. The number of carbonyl (C=O) groups excluding carboxylic acids is 2. The van der Waals surface area contributed by atoms with Crippen molar-refractivity contribution in [3.05, 3.63) is 29.3 Å². The maximum absolute atomic E-state index is 13.1. The van der Waals surface area contributed by atoms with Crippen LogP contribution in [0.4, 0.5) is 5.69 Å². The molecule has 2 amide bonds. The lowest BCUT2D eigenvalue weighted by molar-refractivity contribution is -0.138. The third-order valence-electron chi connectivity index (χ3n) is 5.98. The van der Waals surface area contributed by atoms with Crippen LogP contribution in [0.2, 0.25) is 0 Å². The molecule has 0 radical (unpaired) electrons. The number of likely N-dealkylation sites (tertiary alicyclic amines) is 1. The van der Waals surface area contributed by atoms with Crippen LogP contribution in [0.3, 0.4) is 0 Å². The number of carbonyl (C=O) groups is 2. The number of piperidine rings is 1. The number of benzene rings is 1. The predicted molar refractivity (Wildman–Crippen MR) is 105 cm³/mol. The molecule has 0 bridgehead atoms. The van der Waals surface area contributed by atoms with Crippen LogP contribution in [0.5, 0.6) is 0 Å². The molecule has 2 fully saturated rings. The Hall–Kier alpha value is -1.95. The number of fused-ring (bicyclic) bond motifs is 1. The SMILES string of the molecule is CC(C)c1cccc(C(C)C)c1NC12C(=O)N(C(O)=S)C(=O)C1C2(C)C. The fraction of sp³-hybridized carbons (Fsp3) is 0.550. The summed E-state index contributed by atoms with van der Waals surface area (Å²) in [5, 5.41) is 12.4. The predicted octanol–water partition coefficient (Wildman–Crippen LogP) is 3.95. The summed E-state index contributed by atoms with van der Waals surface area (Å²) in [7, 11) is 0. The first-order chi connectivity index (χ1) is 12.0. The van der Waals surface area contributed by atoms with Gasteiger partial charge >= 0.3 is 0 Å². The number of aliphatic hydroxyl groups excluding tert-OH is 1. The van der Waals surface area contributed by atoms with Crippen molar-refractivity contribution in [1.29, 1.82) is 0 Å². The lowest BCUT2D eigenvalue weighted by Gasteiger charge is -2.28. The maximum Gasteiger partial charge on any atom is 0.270 e. The van der Waals surface area contributed by atoms with E-state index < -0.39 is 33.9 Å². The van der Waals surface area contributed by atoms with Gasteiger partial charge in [0.15, 0.2) is 0 Å². The highest BCUT2D eigenvalue weighted by Crippen LogP contribution is 2.68. The molecule has 1 aliphatic carbocycles. The molecule has 2 unspecified atom stereocenters. The smallest absolute Gasteiger partial charge is 0.270 e. The molecule has 0 aromatic heterocycles. The van der Waals surface area contributed by atoms with E-state index in [0.29, 0.717) is 0 Å². The lowest BCUT2D eigenvalue weighted by Crippen LogP contribution is -2.47. The van der Waals surface area contributed by atoms with Crippen molar-refractivity contribution in [3.8, 4) is 0 Å². The molecule has 1 saturated heterocycles. The summed E-state index contributed by atoms with van der Waals surface area (Å²) >= 11 is 4.72. The van der Waals surface area contributed by atoms with Crippen molar-refractivity contribution in [3.63, 3.8) is 0 Å². The van der Waals surface area contributed by atoms with Gasteiger partial charge in [0, 0.05) is 11.1 Å². The number of para-hydroxylation sites is 1. The van der Waals surface area contributed by atoms with E-state index in [-0.39, 0.29) is 11.8 Å². The molecule has 2 atom stereocenters. The van der Waals surface area contributed by atoms with Crippen LogP contribution in [-0.2, 0) is 9.59 Å². The third-order valence-corrected chi connectivity index (χ3v) is 6.16. The highest BCUT2D eigenvalue weighted by Gasteiger charge is 2.85. The van der Waals surface area contributed by atoms with Crippen LogP contribution in [-0.4, -0.2) is 32.5 Å². The van der Waals surface area contributed by atoms with E-state index in [1.807, 2.05) is 19.9 Å². The van der Waals surface area contributed by atoms with Crippen molar-refractivity contribution in [2.45, 2.75) is 58.9 Å². The molecule has 1 aliphatic heterocycles. The van der Waals surface area contributed by atoms with Crippen LogP contribution in [0.1, 0.15) is 64.5 Å². The molecule has 6 heteroatoms. The van der Waals surface area contributed by atoms with Gasteiger partial charge in [0.25, 0.3) is 11.1 Å². The molecule has 26 heavy (non-hydrogen) atoms. The van der Waals surface area contributed by atoms with Crippen molar-refractivity contribution in [1.82, 2.24) is 4.90 Å². The van der Waals surface area contributed by atoms with Crippen LogP contribution in [0.25, 0.3) is 0 Å². The van der Waals surface area contributed by atoms with Gasteiger partial charge in [-0.05, 0) is 35.2 Å². The second-order valence-corrected chi connectivity index (χ2v) is 8.84. The van der Waals surface area contributed by atoms with E-state index in [4.69, 9.17) is 12.2 Å². The summed E-state index contributed by atoms with van der Waals surface area (Å²) in [4.78, 5) is 26.5. The fourth-order valence-electron chi connectivity index (χ4n) is 4.42. The number of anilines is 1. The zero-order chi connectivity index (χ0) is 19.6. The number of imide groups is 1. The first-order valence-corrected chi connectivity index (χ1v) is 9.41. The molecule has 1 aromatic rings. The van der Waals surface area contributed by atoms with Gasteiger partial charge in [-0.15, -0.1) is 0 Å². The monoisotopic (exact) mass is 374 g/mol. The maximum atomic E-state index is 13.1. The van der Waals surface area contributed by atoms with Crippen molar-refractivity contribution in [2.24, 2.45) is 11.3 Å². The number of hydrogen-bond acceptors (Lipinski definition) is 4. The first kappa shape index (κ1) is 18.8. The normalized spacial score (nSPS) is 26.5. The van der Waals surface area contributed by atoms with E-state index in [9.17, 15) is 14.7 Å². The van der Waals surface area contributed by atoms with E-state index in [1.165, 1.54) is 0 Å². The Morgan fingerprint density at radius 1 is 1.15 bits per heavy atom. The molecular weight excluding hydrogens is 348 g/mol. The van der Waals surface area contributed by atoms with Gasteiger partial charge < -0.3 is 10.4 Å². The summed E-state index contributed by atoms with van der Waals surface area (Å²) < 4.78 is 0. The Morgan fingerprint density at radius 3 is 2.08 bits per heavy atom. The zero-order valence-corrected chi connectivity index (χ0v) is 16.9. The second kappa shape index (κ2) is 5.78. The van der Waals surface area contributed by atoms with E-state index in [1.54, 1.807) is 0 Å². The molecule has 1 saturated carbocycles. The number of nitrogens with one attached hydrogen (secondary N) is 1. The van der Waals surface area contributed by atoms with E-state index in [2.05, 4.69) is 45.1 Å². The Morgan fingerprint density at radius 2 is 1.65 bits per heavy atom. The largest absolute Gasteiger partial charge is 0.486 e. The van der Waals surface area contributed by atoms with Crippen molar-refractivity contribution >= 4 is 34.9 Å². The molecule has 1 heterocycles. The molecule has 1 aromatic carbocycles. The Kier molecular flexibility index (Phi) is 4.18. The van der Waals surface area contributed by atoms with Gasteiger partial charge in [0.05, 0.1) is 5.92 Å². The topological polar surface area (TPSA) is 69.6 Å². The van der Waals surface area contributed by atoms with Gasteiger partial charge in [0.1, 0.15) is 5.54 Å². The molecule has 3 rings (SSSR count). The van der Waals surface area contributed by atoms with Gasteiger partial charge in [-0.1, -0.05) is 59.7 Å². The van der Waals surface area contributed by atoms with Gasteiger partial charge in [-0.2, -0.15) is 0 Å². The minimum absolute atomic E-state index is 0.259. The number of thiocarbonyl (C=S) groups is 1. The summed E-state index contributed by atoms with van der Waals surface area (Å²) in [5.41, 5.74) is 1.53. The van der Waals surface area contributed by atoms with Crippen molar-refractivity contribution < 1.29 is 14.7 Å². The van der Waals surface area contributed by atoms with E-state index in [0.717, 1.165) is 21.7 Å². The average molecular weight is 375 g/mol. The van der Waals surface area contributed by atoms with Gasteiger partial charge in [0.2, 0.25) is 5.91 Å². The first-order valence-electron chi connectivity index (χ1n) is 9.00. The number of aliphatic hydroxyl groups is 1. The fourth-order valence-corrected chi connectivity index (χ4v) is 4.60. The average Bonchev–Trinajstić information content (AvgIpc) is 2.90. The highest BCUT2D eigenvalue weighted by atomic mass is 32.1. The minimum atomic E-state index is -1.06. The number of nitrogens with zero attached hydrogens (tertiary/aromatic N) is 1. The third kappa shape index (κ3) is 2.24. The summed E-state index contributed by atoms with van der Waals surface area (Å²) in [6, 6.07) is 6.13. The summed E-state index contributed by atoms with van der Waals surface area (Å²) in [6.45, 7) is 12.2. The number of rotatable bonds is 4. The summed E-state index contributed by atoms with van der Waals surface area (Å²) in [5.74, 6) is -0.899. The Labute approximate surface area is 159 Å². The molecule has 2 aliphatic rings. The quantitative estimate of drug-likeness (QED) is 0.617. The second-order valence-electron chi connectivity index (χ2n) is 8.47. The van der Waals surface area contributed by atoms with Gasteiger partial charge in [-0.25, -0.2) is 4.90 Å². The molecule has 140 valence electrons. The minimum Gasteiger partial charge on any atom is -0.486 e. The number of hydrogen-bond donors (Lipinski definition) is 2. The molecule has 0 spiro atoms. The molecular formula is C20H26N2O3S. The van der Waals surface area contributed by atoms with E-state index >= 15 is 0 Å². The van der Waals surface area contributed by atoms with Gasteiger partial charge in [-0.3, -0.25) is 9.59 Å². The Balaban J connectivity index is 2.13. The summed E-state index contributed by atoms with van der Waals surface area (Å²) in [6.07, 6.45) is 0. The van der Waals surface area contributed by atoms with Crippen LogP contribution < -0.4 is 5.32 Å². The highest BCUT2D eigenvalue weighted by molar-refractivity contribution is 7.80. The van der Waals surface area contributed by atoms with Crippen molar-refractivity contribution in [2.75, 3.05) is 5.32 Å². The standard InChI is InChI=1S/C20H26N2O3S/c1-10(2)12-8-7-9-13(11(3)4)14(12)21-20-15(19(20,5)6)16(23)22(17(20)24)18(25)26/h7-11,15,21H,1-6H3,(H,25,26). The van der Waals surface area contributed by atoms with Crippen LogP contribution in [0, 0.1) is 11.3 Å². The number of amides is 2. The van der Waals surface area contributed by atoms with Crippen LogP contribution in [0.15, 0.2) is 18.2 Å².